The molecule has 3 rings (SSSR count). The molecular formula is C14H11F2N5O. The van der Waals surface area contributed by atoms with Crippen molar-refractivity contribution in [1.29, 1.82) is 0 Å². The smallest absolute Gasteiger partial charge is 0.333 e. The van der Waals surface area contributed by atoms with Gasteiger partial charge in [-0.25, -0.2) is 9.67 Å². The van der Waals surface area contributed by atoms with Crippen molar-refractivity contribution in [1.82, 2.24) is 19.7 Å². The number of ether oxygens (including phenoxy) is 1. The van der Waals surface area contributed by atoms with Crippen LogP contribution >= 0.6 is 0 Å². The molecule has 3 aromatic heterocycles. The van der Waals surface area contributed by atoms with E-state index in [4.69, 9.17) is 10.5 Å². The Morgan fingerprint density at radius 2 is 1.95 bits per heavy atom. The minimum absolute atomic E-state index is 0.391. The summed E-state index contributed by atoms with van der Waals surface area (Å²) in [5.41, 5.74) is 6.45. The number of nitrogens with two attached hydrogens (primary N) is 1. The van der Waals surface area contributed by atoms with Crippen molar-refractivity contribution in [2.45, 2.75) is 6.55 Å². The Kier molecular flexibility index (Phi) is 3.65. The topological polar surface area (TPSA) is 78.9 Å². The maximum Gasteiger partial charge on any atom is 0.333 e. The number of nitrogens with zero attached hydrogens (tertiary/aromatic N) is 4. The van der Waals surface area contributed by atoms with Gasteiger partial charge in [-0.05, 0) is 18.2 Å². The molecule has 0 radical (unpaired) electrons. The SMILES string of the molecule is Nc1ccc(Oc2ccnc(-c3cnn(C(F)F)c3)c2)cn1. The van der Waals surface area contributed by atoms with Crippen LogP contribution in [0.25, 0.3) is 11.3 Å². The lowest BCUT2D eigenvalue weighted by molar-refractivity contribution is 0.0566. The fourth-order valence-corrected chi connectivity index (χ4v) is 1.80. The number of pyridine rings is 2. The van der Waals surface area contributed by atoms with Gasteiger partial charge in [0.05, 0.1) is 18.1 Å². The van der Waals surface area contributed by atoms with Crippen LogP contribution in [-0.2, 0) is 0 Å². The number of nitrogen functional groups attached to an aromatic ring is 1. The Morgan fingerprint density at radius 3 is 2.64 bits per heavy atom. The van der Waals surface area contributed by atoms with Crippen LogP contribution in [-0.4, -0.2) is 19.7 Å². The first-order chi connectivity index (χ1) is 10.6. The van der Waals surface area contributed by atoms with E-state index in [9.17, 15) is 8.78 Å². The van der Waals surface area contributed by atoms with Crippen LogP contribution in [0.5, 0.6) is 11.5 Å². The van der Waals surface area contributed by atoms with Gasteiger partial charge in [0.1, 0.15) is 17.3 Å². The van der Waals surface area contributed by atoms with Crippen LogP contribution in [0, 0.1) is 0 Å². The minimum atomic E-state index is -2.69. The summed E-state index contributed by atoms with van der Waals surface area (Å²) in [4.78, 5) is 8.04. The molecule has 0 fully saturated rings. The summed E-state index contributed by atoms with van der Waals surface area (Å²) in [6, 6.07) is 6.57. The van der Waals surface area contributed by atoms with Gasteiger partial charge >= 0.3 is 6.55 Å². The fraction of sp³-hybridized carbons (Fsp3) is 0.0714. The highest BCUT2D eigenvalue weighted by Gasteiger charge is 2.10. The molecule has 0 spiro atoms. The summed E-state index contributed by atoms with van der Waals surface area (Å²) in [6.07, 6.45) is 5.56. The summed E-state index contributed by atoms with van der Waals surface area (Å²) < 4.78 is 31.2. The third-order valence-electron chi connectivity index (χ3n) is 2.82. The molecule has 0 saturated heterocycles. The van der Waals surface area contributed by atoms with Crippen molar-refractivity contribution in [3.8, 4) is 22.8 Å². The van der Waals surface area contributed by atoms with E-state index in [0.717, 1.165) is 0 Å². The van der Waals surface area contributed by atoms with E-state index in [-0.39, 0.29) is 0 Å². The highest BCUT2D eigenvalue weighted by atomic mass is 19.3. The summed E-state index contributed by atoms with van der Waals surface area (Å²) in [7, 11) is 0. The Bertz CT molecular complexity index is 773. The highest BCUT2D eigenvalue weighted by molar-refractivity contribution is 5.58. The normalized spacial score (nSPS) is 10.9. The maximum atomic E-state index is 12.5. The van der Waals surface area contributed by atoms with E-state index in [2.05, 4.69) is 15.1 Å². The van der Waals surface area contributed by atoms with Gasteiger partial charge in [0, 0.05) is 24.0 Å². The number of hydrogen-bond donors (Lipinski definition) is 1. The second kappa shape index (κ2) is 5.76. The average Bonchev–Trinajstić information content (AvgIpc) is 3.00. The summed E-state index contributed by atoms with van der Waals surface area (Å²) in [6.45, 7) is -2.69. The molecule has 0 aliphatic heterocycles. The zero-order valence-corrected chi connectivity index (χ0v) is 11.2. The number of hydrogen-bond acceptors (Lipinski definition) is 5. The Labute approximate surface area is 124 Å². The van der Waals surface area contributed by atoms with E-state index in [1.807, 2.05) is 0 Å². The number of halogens is 2. The Hall–Kier alpha value is -3.03. The summed E-state index contributed by atoms with van der Waals surface area (Å²) in [5.74, 6) is 1.40. The van der Waals surface area contributed by atoms with Gasteiger partial charge in [-0.15, -0.1) is 0 Å². The van der Waals surface area contributed by atoms with Crippen LogP contribution in [0.15, 0.2) is 49.1 Å². The molecule has 0 saturated carbocycles. The maximum absolute atomic E-state index is 12.5. The predicted octanol–water partition coefficient (Wildman–Crippen LogP) is 3.11. The minimum Gasteiger partial charge on any atom is -0.456 e. The van der Waals surface area contributed by atoms with E-state index in [1.54, 1.807) is 24.3 Å². The standard InChI is InChI=1S/C14H11F2N5O/c15-14(16)21-8-9(6-20-21)12-5-10(3-4-18-12)22-11-1-2-13(17)19-7-11/h1-8,14H,(H2,17,19). The molecule has 0 aliphatic rings. The van der Waals surface area contributed by atoms with Gasteiger partial charge in [0.2, 0.25) is 0 Å². The fourth-order valence-electron chi connectivity index (χ4n) is 1.80. The van der Waals surface area contributed by atoms with Gasteiger partial charge in [0.25, 0.3) is 0 Å². The lowest BCUT2D eigenvalue weighted by Crippen LogP contribution is -1.96. The van der Waals surface area contributed by atoms with Crippen molar-refractivity contribution in [2.24, 2.45) is 0 Å². The van der Waals surface area contributed by atoms with Gasteiger partial charge in [-0.3, -0.25) is 4.98 Å². The third-order valence-corrected chi connectivity index (χ3v) is 2.82. The Balaban J connectivity index is 1.84. The first kappa shape index (κ1) is 13.9. The van der Waals surface area contributed by atoms with Gasteiger partial charge in [-0.2, -0.15) is 13.9 Å². The molecule has 0 aliphatic carbocycles. The van der Waals surface area contributed by atoms with E-state index < -0.39 is 6.55 Å². The molecule has 112 valence electrons. The first-order valence-corrected chi connectivity index (χ1v) is 6.30. The molecule has 2 N–H and O–H groups in total. The molecule has 3 heterocycles. The zero-order valence-electron chi connectivity index (χ0n) is 11.2. The molecule has 0 atom stereocenters. The van der Waals surface area contributed by atoms with Crippen LogP contribution in [0.4, 0.5) is 14.6 Å². The molecule has 0 aromatic carbocycles. The first-order valence-electron chi connectivity index (χ1n) is 6.30. The zero-order chi connectivity index (χ0) is 15.5. The van der Waals surface area contributed by atoms with Crippen LogP contribution < -0.4 is 10.5 Å². The van der Waals surface area contributed by atoms with Crippen LogP contribution in [0.1, 0.15) is 6.55 Å². The van der Waals surface area contributed by atoms with Gasteiger partial charge < -0.3 is 10.5 Å². The van der Waals surface area contributed by atoms with E-state index in [0.29, 0.717) is 33.3 Å². The Morgan fingerprint density at radius 1 is 1.09 bits per heavy atom. The van der Waals surface area contributed by atoms with Gasteiger partial charge in [-0.1, -0.05) is 0 Å². The van der Waals surface area contributed by atoms with Crippen molar-refractivity contribution in [2.75, 3.05) is 5.73 Å². The summed E-state index contributed by atoms with van der Waals surface area (Å²) in [5, 5.41) is 3.58. The average molecular weight is 303 g/mol. The van der Waals surface area contributed by atoms with E-state index >= 15 is 0 Å². The third kappa shape index (κ3) is 3.00. The van der Waals surface area contributed by atoms with Gasteiger partial charge in [0.15, 0.2) is 0 Å². The monoisotopic (exact) mass is 303 g/mol. The van der Waals surface area contributed by atoms with Crippen molar-refractivity contribution in [3.63, 3.8) is 0 Å². The molecule has 6 nitrogen and oxygen atoms in total. The van der Waals surface area contributed by atoms with Crippen molar-refractivity contribution in [3.05, 3.63) is 49.1 Å². The molecular weight excluding hydrogens is 292 g/mol. The van der Waals surface area contributed by atoms with Crippen molar-refractivity contribution >= 4 is 5.82 Å². The number of rotatable bonds is 4. The quantitative estimate of drug-likeness (QED) is 0.801. The molecule has 0 unspecified atom stereocenters. The molecule has 0 bridgehead atoms. The predicted molar refractivity (Wildman–Crippen MR) is 75.4 cm³/mol. The van der Waals surface area contributed by atoms with E-state index in [1.165, 1.54) is 24.8 Å². The second-order valence-corrected chi connectivity index (χ2v) is 4.38. The van der Waals surface area contributed by atoms with Crippen LogP contribution in [0.2, 0.25) is 0 Å². The molecule has 0 amide bonds. The van der Waals surface area contributed by atoms with Crippen LogP contribution in [0.3, 0.4) is 0 Å². The lowest BCUT2D eigenvalue weighted by atomic mass is 10.2. The molecule has 8 heteroatoms. The number of aromatic nitrogens is 4. The number of anilines is 1. The summed E-state index contributed by atoms with van der Waals surface area (Å²) >= 11 is 0. The van der Waals surface area contributed by atoms with Crippen molar-refractivity contribution < 1.29 is 13.5 Å². The molecule has 22 heavy (non-hydrogen) atoms. The second-order valence-electron chi connectivity index (χ2n) is 4.38. The largest absolute Gasteiger partial charge is 0.456 e. The number of alkyl halides is 2. The highest BCUT2D eigenvalue weighted by Crippen LogP contribution is 2.26. The molecule has 3 aromatic rings. The lowest BCUT2D eigenvalue weighted by Gasteiger charge is -2.06.